The van der Waals surface area contributed by atoms with Gasteiger partial charge >= 0.3 is 0 Å². The molecule has 12 heavy (non-hydrogen) atoms. The monoisotopic (exact) mass is 173 g/mol. The van der Waals surface area contributed by atoms with Gasteiger partial charge in [-0.3, -0.25) is 0 Å². The molecular formula is C9H19NO2. The number of rotatable bonds is 7. The molecule has 0 amide bonds. The van der Waals surface area contributed by atoms with Gasteiger partial charge in [0.2, 0.25) is 0 Å². The molecule has 1 atom stereocenters. The Morgan fingerprint density at radius 1 is 1.42 bits per heavy atom. The molecule has 0 aliphatic carbocycles. The third-order valence-corrected chi connectivity index (χ3v) is 1.48. The Kier molecular flexibility index (Phi) is 8.44. The second kappa shape index (κ2) is 8.71. The molecule has 0 rings (SSSR count). The number of aliphatic hydroxyl groups excluding tert-OH is 2. The maximum Gasteiger partial charge on any atom is 0.0698 e. The maximum atomic E-state index is 9.31. The molecule has 0 aromatic heterocycles. The first kappa shape index (κ1) is 11.6. The standard InChI is InChI=1S/C9H19NO2/c1-2-3-4-5-9(12)8-10-6-7-11/h3-4,9-12H,2,5-8H2,1H3/b4-3+. The Balaban J connectivity index is 3.21. The lowest BCUT2D eigenvalue weighted by Crippen LogP contribution is -2.28. The van der Waals surface area contributed by atoms with Crippen molar-refractivity contribution < 1.29 is 10.2 Å². The zero-order chi connectivity index (χ0) is 9.23. The molecular weight excluding hydrogens is 154 g/mol. The summed E-state index contributed by atoms with van der Waals surface area (Å²) in [6.07, 6.45) is 5.38. The highest BCUT2D eigenvalue weighted by atomic mass is 16.3. The highest BCUT2D eigenvalue weighted by Crippen LogP contribution is 1.92. The van der Waals surface area contributed by atoms with E-state index in [4.69, 9.17) is 5.11 Å². The van der Waals surface area contributed by atoms with Crippen molar-refractivity contribution in [1.82, 2.24) is 5.32 Å². The molecule has 0 aliphatic heterocycles. The van der Waals surface area contributed by atoms with Crippen molar-refractivity contribution >= 4 is 0 Å². The molecule has 0 spiro atoms. The first-order chi connectivity index (χ1) is 5.81. The van der Waals surface area contributed by atoms with Gasteiger partial charge in [-0.1, -0.05) is 19.1 Å². The van der Waals surface area contributed by atoms with Crippen LogP contribution < -0.4 is 5.32 Å². The minimum Gasteiger partial charge on any atom is -0.395 e. The van der Waals surface area contributed by atoms with Gasteiger partial charge in [-0.2, -0.15) is 0 Å². The van der Waals surface area contributed by atoms with Gasteiger partial charge in [-0.05, 0) is 12.8 Å². The van der Waals surface area contributed by atoms with Crippen LogP contribution >= 0.6 is 0 Å². The van der Waals surface area contributed by atoms with E-state index in [-0.39, 0.29) is 12.7 Å². The van der Waals surface area contributed by atoms with Gasteiger partial charge in [0.25, 0.3) is 0 Å². The highest BCUT2D eigenvalue weighted by Gasteiger charge is 1.98. The summed E-state index contributed by atoms with van der Waals surface area (Å²) in [5.74, 6) is 0. The van der Waals surface area contributed by atoms with Crippen LogP contribution in [-0.2, 0) is 0 Å². The fourth-order valence-corrected chi connectivity index (χ4v) is 0.851. The van der Waals surface area contributed by atoms with E-state index < -0.39 is 0 Å². The van der Waals surface area contributed by atoms with Crippen molar-refractivity contribution in [2.75, 3.05) is 19.7 Å². The van der Waals surface area contributed by atoms with Crippen LogP contribution in [0.4, 0.5) is 0 Å². The van der Waals surface area contributed by atoms with Gasteiger partial charge in [-0.25, -0.2) is 0 Å². The third kappa shape index (κ3) is 7.72. The molecule has 0 aliphatic rings. The Hall–Kier alpha value is -0.380. The fourth-order valence-electron chi connectivity index (χ4n) is 0.851. The van der Waals surface area contributed by atoms with E-state index in [1.807, 2.05) is 12.2 Å². The number of nitrogens with one attached hydrogen (secondary N) is 1. The Morgan fingerprint density at radius 3 is 2.75 bits per heavy atom. The van der Waals surface area contributed by atoms with Crippen molar-refractivity contribution in [3.8, 4) is 0 Å². The average Bonchev–Trinajstić information content (AvgIpc) is 2.06. The molecule has 3 nitrogen and oxygen atoms in total. The quantitative estimate of drug-likeness (QED) is 0.383. The van der Waals surface area contributed by atoms with Gasteiger partial charge < -0.3 is 15.5 Å². The lowest BCUT2D eigenvalue weighted by molar-refractivity contribution is 0.171. The molecule has 0 saturated carbocycles. The van der Waals surface area contributed by atoms with Crippen molar-refractivity contribution in [2.24, 2.45) is 0 Å². The van der Waals surface area contributed by atoms with Crippen LogP contribution in [-0.4, -0.2) is 36.0 Å². The van der Waals surface area contributed by atoms with Crippen molar-refractivity contribution in [3.63, 3.8) is 0 Å². The molecule has 0 bridgehead atoms. The number of allylic oxidation sites excluding steroid dienone is 1. The first-order valence-electron chi connectivity index (χ1n) is 4.45. The second-order valence-electron chi connectivity index (χ2n) is 2.70. The SMILES string of the molecule is CC/C=C/CC(O)CNCCO. The summed E-state index contributed by atoms with van der Waals surface area (Å²) in [6.45, 7) is 3.29. The maximum absolute atomic E-state index is 9.31. The zero-order valence-corrected chi connectivity index (χ0v) is 7.66. The molecule has 3 heteroatoms. The van der Waals surface area contributed by atoms with Gasteiger partial charge in [0.1, 0.15) is 0 Å². The van der Waals surface area contributed by atoms with E-state index in [2.05, 4.69) is 12.2 Å². The largest absolute Gasteiger partial charge is 0.395 e. The molecule has 72 valence electrons. The molecule has 3 N–H and O–H groups in total. The van der Waals surface area contributed by atoms with Crippen molar-refractivity contribution in [3.05, 3.63) is 12.2 Å². The summed E-state index contributed by atoms with van der Waals surface area (Å²) < 4.78 is 0. The van der Waals surface area contributed by atoms with E-state index in [9.17, 15) is 5.11 Å². The summed E-state index contributed by atoms with van der Waals surface area (Å²) in [6, 6.07) is 0. The molecule has 0 heterocycles. The summed E-state index contributed by atoms with van der Waals surface area (Å²) in [5.41, 5.74) is 0. The zero-order valence-electron chi connectivity index (χ0n) is 7.66. The normalized spacial score (nSPS) is 13.9. The van der Waals surface area contributed by atoms with Gasteiger partial charge in [-0.15, -0.1) is 0 Å². The number of aliphatic hydroxyl groups is 2. The van der Waals surface area contributed by atoms with Crippen molar-refractivity contribution in [2.45, 2.75) is 25.9 Å². The third-order valence-electron chi connectivity index (χ3n) is 1.48. The number of hydrogen-bond acceptors (Lipinski definition) is 3. The molecule has 0 saturated heterocycles. The fraction of sp³-hybridized carbons (Fsp3) is 0.778. The van der Waals surface area contributed by atoms with Crippen LogP contribution in [0, 0.1) is 0 Å². The van der Waals surface area contributed by atoms with E-state index in [0.717, 1.165) is 6.42 Å². The highest BCUT2D eigenvalue weighted by molar-refractivity contribution is 4.83. The number of hydrogen-bond donors (Lipinski definition) is 3. The summed E-state index contributed by atoms with van der Waals surface area (Å²) >= 11 is 0. The molecule has 1 unspecified atom stereocenters. The average molecular weight is 173 g/mol. The van der Waals surface area contributed by atoms with Crippen LogP contribution in [0.2, 0.25) is 0 Å². The van der Waals surface area contributed by atoms with Crippen LogP contribution in [0.25, 0.3) is 0 Å². The Bertz CT molecular complexity index is 115. The second-order valence-corrected chi connectivity index (χ2v) is 2.70. The van der Waals surface area contributed by atoms with Crippen LogP contribution in [0.5, 0.6) is 0 Å². The van der Waals surface area contributed by atoms with E-state index in [1.165, 1.54) is 0 Å². The molecule has 0 fully saturated rings. The Labute approximate surface area is 74.1 Å². The molecule has 0 radical (unpaired) electrons. The topological polar surface area (TPSA) is 52.5 Å². The molecule has 0 aromatic rings. The minimum absolute atomic E-state index is 0.123. The van der Waals surface area contributed by atoms with Crippen LogP contribution in [0.1, 0.15) is 19.8 Å². The predicted molar refractivity (Wildman–Crippen MR) is 50.0 cm³/mol. The lowest BCUT2D eigenvalue weighted by atomic mass is 10.2. The lowest BCUT2D eigenvalue weighted by Gasteiger charge is -2.07. The van der Waals surface area contributed by atoms with Gasteiger partial charge in [0.05, 0.1) is 12.7 Å². The summed E-state index contributed by atoms with van der Waals surface area (Å²) in [5, 5.41) is 20.7. The van der Waals surface area contributed by atoms with Crippen LogP contribution in [0.15, 0.2) is 12.2 Å². The molecule has 0 aromatic carbocycles. The Morgan fingerprint density at radius 2 is 2.17 bits per heavy atom. The first-order valence-corrected chi connectivity index (χ1v) is 4.45. The van der Waals surface area contributed by atoms with E-state index >= 15 is 0 Å². The van der Waals surface area contributed by atoms with Crippen molar-refractivity contribution in [1.29, 1.82) is 0 Å². The summed E-state index contributed by atoms with van der Waals surface area (Å²) in [7, 11) is 0. The van der Waals surface area contributed by atoms with E-state index in [0.29, 0.717) is 19.5 Å². The predicted octanol–water partition coefficient (Wildman–Crippen LogP) is 0.286. The smallest absolute Gasteiger partial charge is 0.0698 e. The summed E-state index contributed by atoms with van der Waals surface area (Å²) in [4.78, 5) is 0. The van der Waals surface area contributed by atoms with E-state index in [1.54, 1.807) is 0 Å². The van der Waals surface area contributed by atoms with Gasteiger partial charge in [0, 0.05) is 13.1 Å². The van der Waals surface area contributed by atoms with Gasteiger partial charge in [0.15, 0.2) is 0 Å². The minimum atomic E-state index is -0.334. The van der Waals surface area contributed by atoms with Crippen LogP contribution in [0.3, 0.4) is 0 Å².